The fourth-order valence-corrected chi connectivity index (χ4v) is 2.72. The molecule has 0 heterocycles. The van der Waals surface area contributed by atoms with Crippen LogP contribution in [0.1, 0.15) is 29.2 Å². The molecule has 0 aliphatic rings. The lowest BCUT2D eigenvalue weighted by Crippen LogP contribution is -2.05. The van der Waals surface area contributed by atoms with Gasteiger partial charge in [-0.3, -0.25) is 0 Å². The number of anilines is 1. The number of nitrogens with one attached hydrogen (secondary N) is 1. The van der Waals surface area contributed by atoms with Gasteiger partial charge in [0.25, 0.3) is 0 Å². The third-order valence-electron chi connectivity index (χ3n) is 3.94. The summed E-state index contributed by atoms with van der Waals surface area (Å²) in [5.74, 6) is 1.59. The second-order valence-electron chi connectivity index (χ2n) is 5.88. The van der Waals surface area contributed by atoms with E-state index in [1.165, 1.54) is 11.1 Å². The summed E-state index contributed by atoms with van der Waals surface area (Å²) in [5, 5.41) is 3.52. The van der Waals surface area contributed by atoms with Crippen molar-refractivity contribution in [3.05, 3.63) is 65.2 Å². The van der Waals surface area contributed by atoms with Gasteiger partial charge in [-0.15, -0.1) is 6.58 Å². The van der Waals surface area contributed by atoms with Gasteiger partial charge in [0.1, 0.15) is 0 Å². The molecule has 0 atom stereocenters. The van der Waals surface area contributed by atoms with Crippen LogP contribution < -0.4 is 14.8 Å². The summed E-state index contributed by atoms with van der Waals surface area (Å²) in [7, 11) is 1.68. The number of hydrogen-bond acceptors (Lipinski definition) is 3. The van der Waals surface area contributed by atoms with E-state index in [0.29, 0.717) is 6.61 Å². The van der Waals surface area contributed by atoms with E-state index in [9.17, 15) is 0 Å². The zero-order chi connectivity index (χ0) is 17.5. The first-order chi connectivity index (χ1) is 11.6. The Labute approximate surface area is 145 Å². The molecule has 3 heteroatoms. The van der Waals surface area contributed by atoms with E-state index < -0.39 is 0 Å². The zero-order valence-corrected chi connectivity index (χ0v) is 15.1. The highest BCUT2D eigenvalue weighted by molar-refractivity contribution is 5.54. The Balaban J connectivity index is 2.27. The highest BCUT2D eigenvalue weighted by Gasteiger charge is 2.12. The molecule has 0 unspecified atom stereocenters. The maximum Gasteiger partial charge on any atom is 0.164 e. The van der Waals surface area contributed by atoms with Gasteiger partial charge >= 0.3 is 0 Å². The van der Waals surface area contributed by atoms with Crippen molar-refractivity contribution in [2.75, 3.05) is 19.0 Å². The summed E-state index contributed by atoms with van der Waals surface area (Å²) < 4.78 is 11.3. The van der Waals surface area contributed by atoms with Gasteiger partial charge in [0.2, 0.25) is 0 Å². The van der Waals surface area contributed by atoms with E-state index in [0.717, 1.165) is 41.3 Å². The van der Waals surface area contributed by atoms with Gasteiger partial charge in [-0.2, -0.15) is 0 Å². The van der Waals surface area contributed by atoms with E-state index >= 15 is 0 Å². The molecule has 0 aromatic heterocycles. The number of ether oxygens (including phenoxy) is 2. The van der Waals surface area contributed by atoms with Gasteiger partial charge in [-0.05, 0) is 62.1 Å². The van der Waals surface area contributed by atoms with Crippen LogP contribution in [-0.4, -0.2) is 13.7 Å². The molecule has 0 spiro atoms. The molecule has 3 nitrogen and oxygen atoms in total. The Morgan fingerprint density at radius 3 is 2.62 bits per heavy atom. The summed E-state index contributed by atoms with van der Waals surface area (Å²) in [6.45, 7) is 11.4. The van der Waals surface area contributed by atoms with Crippen molar-refractivity contribution in [1.82, 2.24) is 0 Å². The predicted octanol–water partition coefficient (Wildman–Crippen LogP) is 5.05. The van der Waals surface area contributed by atoms with E-state index in [4.69, 9.17) is 9.47 Å². The highest BCUT2D eigenvalue weighted by Crippen LogP contribution is 2.34. The average molecular weight is 325 g/mol. The lowest BCUT2D eigenvalue weighted by molar-refractivity contribution is 0.308. The van der Waals surface area contributed by atoms with Gasteiger partial charge in [0.15, 0.2) is 11.5 Å². The molecule has 0 saturated carbocycles. The number of allylic oxidation sites excluding steroid dienone is 1. The SMILES string of the molecule is C=CCc1cc(CNc2cc(C)ccc2C)cc(OC)c1OCC. The number of methoxy groups -OCH3 is 1. The first-order valence-electron chi connectivity index (χ1n) is 8.33. The number of rotatable bonds is 8. The highest BCUT2D eigenvalue weighted by atomic mass is 16.5. The zero-order valence-electron chi connectivity index (χ0n) is 15.1. The predicted molar refractivity (Wildman–Crippen MR) is 101 cm³/mol. The van der Waals surface area contributed by atoms with Crippen molar-refractivity contribution in [2.24, 2.45) is 0 Å². The Kier molecular flexibility index (Phi) is 6.30. The van der Waals surface area contributed by atoms with Crippen molar-refractivity contribution >= 4 is 5.69 Å². The number of hydrogen-bond donors (Lipinski definition) is 1. The van der Waals surface area contributed by atoms with Crippen LogP contribution >= 0.6 is 0 Å². The Bertz CT molecular complexity index is 707. The molecule has 2 aromatic carbocycles. The molecule has 2 rings (SSSR count). The molecule has 0 amide bonds. The van der Waals surface area contributed by atoms with Gasteiger partial charge in [-0.1, -0.05) is 18.2 Å². The molecule has 0 bridgehead atoms. The molecule has 24 heavy (non-hydrogen) atoms. The second kappa shape index (κ2) is 8.44. The molecule has 1 N–H and O–H groups in total. The van der Waals surface area contributed by atoms with Gasteiger partial charge in [-0.25, -0.2) is 0 Å². The first kappa shape index (κ1) is 17.9. The van der Waals surface area contributed by atoms with Crippen molar-refractivity contribution in [1.29, 1.82) is 0 Å². The van der Waals surface area contributed by atoms with Crippen LogP contribution in [0.4, 0.5) is 5.69 Å². The molecule has 128 valence electrons. The second-order valence-corrected chi connectivity index (χ2v) is 5.88. The van der Waals surface area contributed by atoms with Crippen LogP contribution in [0.5, 0.6) is 11.5 Å². The van der Waals surface area contributed by atoms with Crippen LogP contribution in [-0.2, 0) is 13.0 Å². The Hall–Kier alpha value is -2.42. The third-order valence-corrected chi connectivity index (χ3v) is 3.94. The normalized spacial score (nSPS) is 10.3. The van der Waals surface area contributed by atoms with Crippen LogP contribution in [0.25, 0.3) is 0 Å². The number of aryl methyl sites for hydroxylation is 2. The molecule has 0 aliphatic carbocycles. The minimum Gasteiger partial charge on any atom is -0.493 e. The molecule has 0 radical (unpaired) electrons. The van der Waals surface area contributed by atoms with Crippen LogP contribution in [0, 0.1) is 13.8 Å². The third kappa shape index (κ3) is 4.31. The molecule has 0 fully saturated rings. The minimum atomic E-state index is 0.612. The molecule has 0 aliphatic heterocycles. The summed E-state index contributed by atoms with van der Waals surface area (Å²) in [6, 6.07) is 10.6. The maximum atomic E-state index is 5.77. The molecule has 2 aromatic rings. The van der Waals surface area contributed by atoms with Crippen molar-refractivity contribution in [3.8, 4) is 11.5 Å². The van der Waals surface area contributed by atoms with Crippen LogP contribution in [0.2, 0.25) is 0 Å². The average Bonchev–Trinajstić information content (AvgIpc) is 2.57. The molecule has 0 saturated heterocycles. The van der Waals surface area contributed by atoms with E-state index in [-0.39, 0.29) is 0 Å². The largest absolute Gasteiger partial charge is 0.493 e. The smallest absolute Gasteiger partial charge is 0.164 e. The van der Waals surface area contributed by atoms with E-state index in [1.807, 2.05) is 19.1 Å². The van der Waals surface area contributed by atoms with E-state index in [1.54, 1.807) is 7.11 Å². The topological polar surface area (TPSA) is 30.5 Å². The van der Waals surface area contributed by atoms with E-state index in [2.05, 4.69) is 50.0 Å². The lowest BCUT2D eigenvalue weighted by Gasteiger charge is -2.17. The standard InChI is InChI=1S/C21H27NO2/c1-6-8-18-12-17(13-20(23-5)21(18)24-7-2)14-22-19-11-15(3)9-10-16(19)4/h6,9-13,22H,1,7-8,14H2,2-5H3. The number of benzene rings is 2. The molecular weight excluding hydrogens is 298 g/mol. The van der Waals surface area contributed by atoms with Crippen LogP contribution in [0.15, 0.2) is 43.0 Å². The van der Waals surface area contributed by atoms with Crippen molar-refractivity contribution in [2.45, 2.75) is 33.7 Å². The monoisotopic (exact) mass is 325 g/mol. The fraction of sp³-hybridized carbons (Fsp3) is 0.333. The van der Waals surface area contributed by atoms with Crippen LogP contribution in [0.3, 0.4) is 0 Å². The van der Waals surface area contributed by atoms with Gasteiger partial charge in [0.05, 0.1) is 13.7 Å². The summed E-state index contributed by atoms with van der Waals surface area (Å²) in [6.07, 6.45) is 2.64. The fourth-order valence-electron chi connectivity index (χ4n) is 2.72. The van der Waals surface area contributed by atoms with Gasteiger partial charge < -0.3 is 14.8 Å². The molecular formula is C21H27NO2. The summed E-state index contributed by atoms with van der Waals surface area (Å²) >= 11 is 0. The van der Waals surface area contributed by atoms with Crippen molar-refractivity contribution in [3.63, 3.8) is 0 Å². The van der Waals surface area contributed by atoms with Gasteiger partial charge in [0, 0.05) is 17.8 Å². The Morgan fingerprint density at radius 2 is 1.96 bits per heavy atom. The van der Waals surface area contributed by atoms with Crippen molar-refractivity contribution < 1.29 is 9.47 Å². The Morgan fingerprint density at radius 1 is 1.17 bits per heavy atom. The lowest BCUT2D eigenvalue weighted by atomic mass is 10.0. The minimum absolute atomic E-state index is 0.612. The quantitative estimate of drug-likeness (QED) is 0.689. The summed E-state index contributed by atoms with van der Waals surface area (Å²) in [4.78, 5) is 0. The summed E-state index contributed by atoms with van der Waals surface area (Å²) in [5.41, 5.74) is 5.91. The first-order valence-corrected chi connectivity index (χ1v) is 8.33. The maximum absolute atomic E-state index is 5.77.